The molecule has 0 aliphatic rings. The van der Waals surface area contributed by atoms with E-state index in [-0.39, 0.29) is 24.7 Å². The van der Waals surface area contributed by atoms with Gasteiger partial charge in [0.1, 0.15) is 11.5 Å². The molecule has 0 aliphatic carbocycles. The van der Waals surface area contributed by atoms with Crippen LogP contribution in [0.3, 0.4) is 0 Å². The Morgan fingerprint density at radius 2 is 1.16 bits per heavy atom. The molecule has 170 valence electrons. The number of amides is 2. The molecule has 2 N–H and O–H groups in total. The van der Waals surface area contributed by atoms with Crippen molar-refractivity contribution in [1.29, 1.82) is 0 Å². The first-order chi connectivity index (χ1) is 15.6. The minimum atomic E-state index is -0.207. The molecule has 0 atom stereocenters. The van der Waals surface area contributed by atoms with Gasteiger partial charge in [-0.15, -0.1) is 0 Å². The molecule has 2 aromatic rings. The highest BCUT2D eigenvalue weighted by atomic mass is 16.5. The van der Waals surface area contributed by atoms with E-state index in [9.17, 15) is 9.59 Å². The zero-order chi connectivity index (χ0) is 23.0. The summed E-state index contributed by atoms with van der Waals surface area (Å²) >= 11 is 0. The van der Waals surface area contributed by atoms with E-state index in [1.54, 1.807) is 12.4 Å². The maximum absolute atomic E-state index is 11.9. The molecular weight excluding hydrogens is 408 g/mol. The van der Waals surface area contributed by atoms with Crippen LogP contribution in [0.15, 0.2) is 58.7 Å². The molecule has 0 heterocycles. The smallest absolute Gasteiger partial charge is 0.240 e. The monoisotopic (exact) mass is 438 g/mol. The van der Waals surface area contributed by atoms with Crippen molar-refractivity contribution in [1.82, 2.24) is 10.9 Å². The van der Waals surface area contributed by atoms with Crippen LogP contribution in [0.4, 0.5) is 0 Å². The summed E-state index contributed by atoms with van der Waals surface area (Å²) in [5, 5.41) is 7.95. The van der Waals surface area contributed by atoms with Crippen LogP contribution in [-0.2, 0) is 9.59 Å². The zero-order valence-electron chi connectivity index (χ0n) is 18.5. The lowest BCUT2D eigenvalue weighted by Gasteiger charge is -2.06. The van der Waals surface area contributed by atoms with E-state index in [1.807, 2.05) is 62.4 Å². The highest BCUT2D eigenvalue weighted by molar-refractivity contribution is 5.86. The summed E-state index contributed by atoms with van der Waals surface area (Å²) < 4.78 is 11.0. The zero-order valence-corrected chi connectivity index (χ0v) is 18.5. The predicted molar refractivity (Wildman–Crippen MR) is 125 cm³/mol. The molecule has 2 aromatic carbocycles. The third-order valence-corrected chi connectivity index (χ3v) is 4.28. The van der Waals surface area contributed by atoms with Gasteiger partial charge in [0.15, 0.2) is 0 Å². The van der Waals surface area contributed by atoms with Gasteiger partial charge in [-0.05, 0) is 51.0 Å². The van der Waals surface area contributed by atoms with Gasteiger partial charge in [-0.3, -0.25) is 9.59 Å². The number of ether oxygens (including phenoxy) is 2. The van der Waals surface area contributed by atoms with Gasteiger partial charge >= 0.3 is 0 Å². The second-order valence-corrected chi connectivity index (χ2v) is 6.74. The third-order valence-electron chi connectivity index (χ3n) is 4.28. The van der Waals surface area contributed by atoms with Gasteiger partial charge in [0.05, 0.1) is 25.6 Å². The van der Waals surface area contributed by atoms with Gasteiger partial charge in [-0.25, -0.2) is 10.9 Å². The molecule has 0 radical (unpaired) electrons. The molecule has 0 aliphatic heterocycles. The van der Waals surface area contributed by atoms with Gasteiger partial charge in [0.2, 0.25) is 11.8 Å². The number of hydrogen-bond donors (Lipinski definition) is 2. The Balaban J connectivity index is 1.65. The molecular formula is C24H30N4O4. The highest BCUT2D eigenvalue weighted by Gasteiger charge is 2.04. The average Bonchev–Trinajstić information content (AvgIpc) is 2.79. The molecule has 32 heavy (non-hydrogen) atoms. The summed E-state index contributed by atoms with van der Waals surface area (Å²) in [6.45, 7) is 4.92. The molecule has 0 saturated carbocycles. The van der Waals surface area contributed by atoms with E-state index >= 15 is 0 Å². The van der Waals surface area contributed by atoms with Gasteiger partial charge in [-0.1, -0.05) is 24.3 Å². The number of para-hydroxylation sites is 2. The second kappa shape index (κ2) is 14.3. The van der Waals surface area contributed by atoms with Crippen LogP contribution >= 0.6 is 0 Å². The fourth-order valence-corrected chi connectivity index (χ4v) is 2.78. The van der Waals surface area contributed by atoms with Crippen molar-refractivity contribution < 1.29 is 19.1 Å². The number of hydrogen-bond acceptors (Lipinski definition) is 6. The topological polar surface area (TPSA) is 101 Å². The summed E-state index contributed by atoms with van der Waals surface area (Å²) in [6, 6.07) is 14.9. The number of unbranched alkanes of at least 4 members (excludes halogenated alkanes) is 1. The third kappa shape index (κ3) is 8.99. The van der Waals surface area contributed by atoms with Crippen LogP contribution in [0.25, 0.3) is 0 Å². The van der Waals surface area contributed by atoms with Crippen molar-refractivity contribution in [2.75, 3.05) is 13.2 Å². The second-order valence-electron chi connectivity index (χ2n) is 6.74. The Morgan fingerprint density at radius 3 is 1.56 bits per heavy atom. The van der Waals surface area contributed by atoms with Crippen LogP contribution in [0.5, 0.6) is 11.5 Å². The maximum atomic E-state index is 11.9. The predicted octanol–water partition coefficient (Wildman–Crippen LogP) is 3.64. The summed E-state index contributed by atoms with van der Waals surface area (Å²) in [6.07, 6.45) is 4.81. The largest absolute Gasteiger partial charge is 0.493 e. The van der Waals surface area contributed by atoms with Crippen LogP contribution in [0.1, 0.15) is 50.7 Å². The Bertz CT molecular complexity index is 852. The lowest BCUT2D eigenvalue weighted by molar-refractivity contribution is -0.123. The molecule has 0 aromatic heterocycles. The average molecular weight is 439 g/mol. The van der Waals surface area contributed by atoms with E-state index in [4.69, 9.17) is 9.47 Å². The van der Waals surface area contributed by atoms with Crippen LogP contribution in [0.2, 0.25) is 0 Å². The van der Waals surface area contributed by atoms with Gasteiger partial charge < -0.3 is 9.47 Å². The standard InChI is InChI=1S/C24H30N4O4/c1-3-31-21-13-7-5-11-19(21)17-25-27-23(29)15-9-10-16-24(30)28-26-18-20-12-6-8-14-22(20)32-4-2/h5-8,11-14,17-18H,3-4,9-10,15-16H2,1-2H3,(H,27,29)(H,28,30)/b25-17+,26-18+. The number of nitrogens with one attached hydrogen (secondary N) is 2. The lowest BCUT2D eigenvalue weighted by atomic mass is 10.2. The quantitative estimate of drug-likeness (QED) is 0.283. The van der Waals surface area contributed by atoms with Crippen molar-refractivity contribution in [3.63, 3.8) is 0 Å². The summed E-state index contributed by atoms with van der Waals surface area (Å²) in [5.74, 6) is 1.01. The van der Waals surface area contributed by atoms with Crippen LogP contribution in [-0.4, -0.2) is 37.5 Å². The Morgan fingerprint density at radius 1 is 0.750 bits per heavy atom. The molecule has 0 bridgehead atoms. The van der Waals surface area contributed by atoms with E-state index < -0.39 is 0 Å². The number of rotatable bonds is 13. The van der Waals surface area contributed by atoms with Crippen molar-refractivity contribution in [2.24, 2.45) is 10.2 Å². The number of nitrogens with zero attached hydrogens (tertiary/aromatic N) is 2. The summed E-state index contributed by atoms with van der Waals surface area (Å²) in [5.41, 5.74) is 6.57. The Labute approximate surface area is 188 Å². The lowest BCUT2D eigenvalue weighted by Crippen LogP contribution is -2.19. The van der Waals surface area contributed by atoms with Crippen LogP contribution < -0.4 is 20.3 Å². The Kier molecular flexibility index (Phi) is 11.0. The van der Waals surface area contributed by atoms with E-state index in [0.29, 0.717) is 37.6 Å². The number of carbonyl (C=O) groups is 2. The van der Waals surface area contributed by atoms with Crippen LogP contribution in [0, 0.1) is 0 Å². The molecule has 2 rings (SSSR count). The van der Waals surface area contributed by atoms with Gasteiger partial charge in [0.25, 0.3) is 0 Å². The molecule has 0 spiro atoms. The molecule has 2 amide bonds. The van der Waals surface area contributed by atoms with Crippen molar-refractivity contribution in [2.45, 2.75) is 39.5 Å². The van der Waals surface area contributed by atoms with Gasteiger partial charge in [0, 0.05) is 24.0 Å². The highest BCUT2D eigenvalue weighted by Crippen LogP contribution is 2.16. The summed E-state index contributed by atoms with van der Waals surface area (Å²) in [7, 11) is 0. The number of carbonyl (C=O) groups excluding carboxylic acids is 2. The molecule has 8 nitrogen and oxygen atoms in total. The first kappa shape index (κ1) is 24.6. The minimum absolute atomic E-state index is 0.207. The molecule has 8 heteroatoms. The van der Waals surface area contributed by atoms with Crippen molar-refractivity contribution in [3.8, 4) is 11.5 Å². The Hall–Kier alpha value is -3.68. The maximum Gasteiger partial charge on any atom is 0.240 e. The fraction of sp³-hybridized carbons (Fsp3) is 0.333. The first-order valence-electron chi connectivity index (χ1n) is 10.7. The SMILES string of the molecule is CCOc1ccccc1/C=N/NC(=O)CCCCC(=O)N/N=C/c1ccccc1OCC. The number of benzene rings is 2. The summed E-state index contributed by atoms with van der Waals surface area (Å²) in [4.78, 5) is 23.8. The fourth-order valence-electron chi connectivity index (χ4n) is 2.78. The van der Waals surface area contributed by atoms with Crippen molar-refractivity contribution >= 4 is 24.2 Å². The van der Waals surface area contributed by atoms with Gasteiger partial charge in [-0.2, -0.15) is 10.2 Å². The first-order valence-corrected chi connectivity index (χ1v) is 10.7. The van der Waals surface area contributed by atoms with Crippen molar-refractivity contribution in [3.05, 3.63) is 59.7 Å². The van der Waals surface area contributed by atoms with E-state index in [2.05, 4.69) is 21.1 Å². The van der Waals surface area contributed by atoms with E-state index in [0.717, 1.165) is 11.1 Å². The number of hydrazone groups is 2. The molecule has 0 fully saturated rings. The molecule has 0 unspecified atom stereocenters. The minimum Gasteiger partial charge on any atom is -0.493 e. The molecule has 0 saturated heterocycles. The normalized spacial score (nSPS) is 10.9. The van der Waals surface area contributed by atoms with E-state index in [1.165, 1.54) is 0 Å².